The number of fused-ring (bicyclic) bond motifs is 1. The summed E-state index contributed by atoms with van der Waals surface area (Å²) in [5.41, 5.74) is 0. The van der Waals surface area contributed by atoms with Crippen LogP contribution in [0.25, 0.3) is 10.8 Å². The van der Waals surface area contributed by atoms with Crippen LogP contribution in [0.3, 0.4) is 0 Å². The molecular formula is C20H26N2O2S. The summed E-state index contributed by atoms with van der Waals surface area (Å²) in [5, 5.41) is 2.31. The van der Waals surface area contributed by atoms with Crippen LogP contribution >= 0.6 is 11.8 Å². The largest absolute Gasteiger partial charge is 0.484 e. The molecule has 0 unspecified atom stereocenters. The van der Waals surface area contributed by atoms with E-state index in [9.17, 15) is 4.79 Å². The smallest absolute Gasteiger partial charge is 0.260 e. The summed E-state index contributed by atoms with van der Waals surface area (Å²) in [6, 6.07) is 14.4. The van der Waals surface area contributed by atoms with Gasteiger partial charge >= 0.3 is 0 Å². The Morgan fingerprint density at radius 1 is 1.24 bits per heavy atom. The SMILES string of the molecule is CN(C)C[C@H]1CSCCCN1C(=O)COc1ccc2ccccc2c1. The Kier molecular flexibility index (Phi) is 6.21. The van der Waals surface area contributed by atoms with Crippen LogP contribution in [0.4, 0.5) is 0 Å². The molecule has 0 aromatic heterocycles. The zero-order valence-corrected chi connectivity index (χ0v) is 15.8. The summed E-state index contributed by atoms with van der Waals surface area (Å²) < 4.78 is 5.81. The van der Waals surface area contributed by atoms with Gasteiger partial charge in [0, 0.05) is 18.8 Å². The molecule has 1 heterocycles. The van der Waals surface area contributed by atoms with E-state index < -0.39 is 0 Å². The van der Waals surface area contributed by atoms with Gasteiger partial charge in [-0.3, -0.25) is 4.79 Å². The third-order valence-corrected chi connectivity index (χ3v) is 5.62. The van der Waals surface area contributed by atoms with Crippen LogP contribution < -0.4 is 4.74 Å². The van der Waals surface area contributed by atoms with Crippen LogP contribution in [0.15, 0.2) is 42.5 Å². The van der Waals surface area contributed by atoms with Gasteiger partial charge in [-0.15, -0.1) is 0 Å². The number of carbonyl (C=O) groups excluding carboxylic acids is 1. The topological polar surface area (TPSA) is 32.8 Å². The highest BCUT2D eigenvalue weighted by Gasteiger charge is 2.26. The first kappa shape index (κ1) is 18.1. The minimum atomic E-state index is 0.0857. The quantitative estimate of drug-likeness (QED) is 0.822. The van der Waals surface area contributed by atoms with Crippen molar-refractivity contribution in [3.63, 3.8) is 0 Å². The Morgan fingerprint density at radius 2 is 2.04 bits per heavy atom. The summed E-state index contributed by atoms with van der Waals surface area (Å²) in [6.07, 6.45) is 1.05. The van der Waals surface area contributed by atoms with Gasteiger partial charge in [0.05, 0.1) is 6.04 Å². The highest BCUT2D eigenvalue weighted by atomic mass is 32.2. The molecule has 1 amide bonds. The predicted molar refractivity (Wildman–Crippen MR) is 105 cm³/mol. The molecule has 1 aliphatic heterocycles. The molecule has 0 aliphatic carbocycles. The standard InChI is InChI=1S/C20H26N2O2S/c1-21(2)13-18-15-25-11-5-10-22(18)20(23)14-24-19-9-8-16-6-3-4-7-17(16)12-19/h3-4,6-9,12,18H,5,10-11,13-15H2,1-2H3/t18-/m0/s1. The van der Waals surface area contributed by atoms with Crippen molar-refractivity contribution in [1.82, 2.24) is 9.80 Å². The van der Waals surface area contributed by atoms with Gasteiger partial charge < -0.3 is 14.5 Å². The fourth-order valence-electron chi connectivity index (χ4n) is 3.22. The van der Waals surface area contributed by atoms with Crippen molar-refractivity contribution in [2.45, 2.75) is 12.5 Å². The molecule has 0 bridgehead atoms. The van der Waals surface area contributed by atoms with Crippen molar-refractivity contribution >= 4 is 28.4 Å². The molecule has 1 saturated heterocycles. The lowest BCUT2D eigenvalue weighted by Gasteiger charge is -2.31. The second-order valence-corrected chi connectivity index (χ2v) is 7.88. The van der Waals surface area contributed by atoms with E-state index in [4.69, 9.17) is 4.74 Å². The Hall–Kier alpha value is -1.72. The third kappa shape index (κ3) is 4.89. The molecular weight excluding hydrogens is 332 g/mol. The van der Waals surface area contributed by atoms with Crippen molar-refractivity contribution in [3.05, 3.63) is 42.5 Å². The summed E-state index contributed by atoms with van der Waals surface area (Å²) in [5.74, 6) is 2.96. The maximum atomic E-state index is 12.8. The predicted octanol–water partition coefficient (Wildman–Crippen LogP) is 3.11. The monoisotopic (exact) mass is 358 g/mol. The van der Waals surface area contributed by atoms with E-state index in [2.05, 4.69) is 31.1 Å². The maximum Gasteiger partial charge on any atom is 0.260 e. The average Bonchev–Trinajstić information content (AvgIpc) is 2.84. The van der Waals surface area contributed by atoms with Crippen molar-refractivity contribution in [2.75, 3.05) is 45.3 Å². The molecule has 1 fully saturated rings. The van der Waals surface area contributed by atoms with Gasteiger partial charge in [-0.05, 0) is 49.2 Å². The zero-order valence-electron chi connectivity index (χ0n) is 15.0. The summed E-state index contributed by atoms with van der Waals surface area (Å²) in [6.45, 7) is 1.83. The van der Waals surface area contributed by atoms with Crippen molar-refractivity contribution in [1.29, 1.82) is 0 Å². The molecule has 1 aliphatic rings. The normalized spacial score (nSPS) is 18.4. The average molecular weight is 359 g/mol. The Labute approximate surface area is 154 Å². The van der Waals surface area contributed by atoms with E-state index >= 15 is 0 Å². The van der Waals surface area contributed by atoms with E-state index in [1.54, 1.807) is 0 Å². The number of rotatable bonds is 5. The minimum Gasteiger partial charge on any atom is -0.484 e. The van der Waals surface area contributed by atoms with E-state index in [-0.39, 0.29) is 18.6 Å². The Bertz CT molecular complexity index is 720. The van der Waals surface area contributed by atoms with Crippen LogP contribution in [0.2, 0.25) is 0 Å². The zero-order chi connectivity index (χ0) is 17.6. The molecule has 134 valence electrons. The highest BCUT2D eigenvalue weighted by molar-refractivity contribution is 7.99. The first-order valence-electron chi connectivity index (χ1n) is 8.77. The molecule has 25 heavy (non-hydrogen) atoms. The van der Waals surface area contributed by atoms with Crippen LogP contribution in [0, 0.1) is 0 Å². The van der Waals surface area contributed by atoms with Crippen LogP contribution in [-0.2, 0) is 4.79 Å². The molecule has 2 aromatic rings. The summed E-state index contributed by atoms with van der Waals surface area (Å²) in [7, 11) is 4.12. The fourth-order valence-corrected chi connectivity index (χ4v) is 4.27. The van der Waals surface area contributed by atoms with Gasteiger partial charge in [-0.1, -0.05) is 30.3 Å². The van der Waals surface area contributed by atoms with Crippen molar-refractivity contribution in [3.8, 4) is 5.75 Å². The van der Waals surface area contributed by atoms with Crippen molar-refractivity contribution < 1.29 is 9.53 Å². The number of amides is 1. The molecule has 4 nitrogen and oxygen atoms in total. The first-order valence-corrected chi connectivity index (χ1v) is 9.92. The van der Waals surface area contributed by atoms with Gasteiger partial charge in [0.1, 0.15) is 5.75 Å². The number of carbonyl (C=O) groups is 1. The third-order valence-electron chi connectivity index (χ3n) is 4.42. The Morgan fingerprint density at radius 3 is 2.84 bits per heavy atom. The molecule has 0 radical (unpaired) electrons. The van der Waals surface area contributed by atoms with Crippen LogP contribution in [0.1, 0.15) is 6.42 Å². The second kappa shape index (κ2) is 8.59. The van der Waals surface area contributed by atoms with E-state index in [1.807, 2.05) is 47.0 Å². The Balaban J connectivity index is 1.64. The molecule has 2 aromatic carbocycles. The lowest BCUT2D eigenvalue weighted by Crippen LogP contribution is -2.48. The number of hydrogen-bond donors (Lipinski definition) is 0. The summed E-state index contributed by atoms with van der Waals surface area (Å²) in [4.78, 5) is 16.9. The molecule has 0 saturated carbocycles. The van der Waals surface area contributed by atoms with E-state index in [1.165, 1.54) is 5.39 Å². The molecule has 3 rings (SSSR count). The van der Waals surface area contributed by atoms with Gasteiger partial charge in [0.15, 0.2) is 6.61 Å². The molecule has 5 heteroatoms. The molecule has 1 atom stereocenters. The van der Waals surface area contributed by atoms with Crippen LogP contribution in [0.5, 0.6) is 5.75 Å². The maximum absolute atomic E-state index is 12.8. The number of nitrogens with zero attached hydrogens (tertiary/aromatic N) is 2. The minimum absolute atomic E-state index is 0.0857. The number of likely N-dealkylation sites (N-methyl/N-ethyl adjacent to an activating group) is 1. The number of thioether (sulfide) groups is 1. The van der Waals surface area contributed by atoms with Crippen LogP contribution in [-0.4, -0.2) is 67.0 Å². The first-order chi connectivity index (χ1) is 12.1. The molecule has 0 spiro atoms. The van der Waals surface area contributed by atoms with E-state index in [0.29, 0.717) is 0 Å². The number of hydrogen-bond acceptors (Lipinski definition) is 4. The number of ether oxygens (including phenoxy) is 1. The second-order valence-electron chi connectivity index (χ2n) is 6.73. The fraction of sp³-hybridized carbons (Fsp3) is 0.450. The van der Waals surface area contributed by atoms with E-state index in [0.717, 1.165) is 42.2 Å². The van der Waals surface area contributed by atoms with Gasteiger partial charge in [0.2, 0.25) is 0 Å². The molecule has 0 N–H and O–H groups in total. The highest BCUT2D eigenvalue weighted by Crippen LogP contribution is 2.21. The summed E-state index contributed by atoms with van der Waals surface area (Å²) >= 11 is 1.94. The van der Waals surface area contributed by atoms with Gasteiger partial charge in [0.25, 0.3) is 5.91 Å². The lowest BCUT2D eigenvalue weighted by molar-refractivity contribution is -0.135. The van der Waals surface area contributed by atoms with Gasteiger partial charge in [-0.2, -0.15) is 11.8 Å². The van der Waals surface area contributed by atoms with Crippen molar-refractivity contribution in [2.24, 2.45) is 0 Å². The number of benzene rings is 2. The lowest BCUT2D eigenvalue weighted by atomic mass is 10.1. The van der Waals surface area contributed by atoms with Gasteiger partial charge in [-0.25, -0.2) is 0 Å².